The molecule has 0 aliphatic rings. The first-order chi connectivity index (χ1) is 8.06. The zero-order valence-corrected chi connectivity index (χ0v) is 10.9. The number of hydrogen-bond donors (Lipinski definition) is 0. The van der Waals surface area contributed by atoms with Crippen molar-refractivity contribution in [2.45, 2.75) is 19.8 Å². The molecule has 0 heterocycles. The number of carbonyl (C=O) groups excluding carboxylic acids is 1. The molecule has 0 unspecified atom stereocenters. The summed E-state index contributed by atoms with van der Waals surface area (Å²) >= 11 is 3.17. The van der Waals surface area contributed by atoms with Crippen LogP contribution in [-0.4, -0.2) is 17.5 Å². The van der Waals surface area contributed by atoms with Gasteiger partial charge in [-0.2, -0.15) is 0 Å². The normalized spacial score (nSPS) is 10.0. The van der Waals surface area contributed by atoms with Gasteiger partial charge in [0.15, 0.2) is 0 Å². The molecule has 0 amide bonds. The fourth-order valence-corrected chi connectivity index (χ4v) is 1.58. The standard InChI is InChI=1S/C11H12BrNO4/c1-2-3-6-17-11(14)9-7-8(13(15)16)4-5-10(9)12/h4-5,7H,2-3,6H2,1H3. The summed E-state index contributed by atoms with van der Waals surface area (Å²) in [5.41, 5.74) is 0.0472. The van der Waals surface area contributed by atoms with Gasteiger partial charge in [0.25, 0.3) is 5.69 Å². The molecule has 1 aromatic rings. The summed E-state index contributed by atoms with van der Waals surface area (Å²) in [6, 6.07) is 4.00. The zero-order chi connectivity index (χ0) is 12.8. The molecule has 1 aromatic carbocycles. The Morgan fingerprint density at radius 1 is 1.53 bits per heavy atom. The fourth-order valence-electron chi connectivity index (χ4n) is 1.17. The molecular weight excluding hydrogens is 290 g/mol. The van der Waals surface area contributed by atoms with Crippen LogP contribution < -0.4 is 0 Å². The van der Waals surface area contributed by atoms with Crippen LogP contribution in [0.1, 0.15) is 30.1 Å². The number of non-ortho nitro benzene ring substituents is 1. The molecule has 0 spiro atoms. The third kappa shape index (κ3) is 3.81. The number of rotatable bonds is 5. The van der Waals surface area contributed by atoms with Gasteiger partial charge >= 0.3 is 5.97 Å². The van der Waals surface area contributed by atoms with Crippen molar-refractivity contribution in [2.24, 2.45) is 0 Å². The Labute approximate surface area is 107 Å². The van der Waals surface area contributed by atoms with Crippen molar-refractivity contribution in [1.82, 2.24) is 0 Å². The van der Waals surface area contributed by atoms with E-state index in [1.807, 2.05) is 6.92 Å². The van der Waals surface area contributed by atoms with E-state index >= 15 is 0 Å². The van der Waals surface area contributed by atoms with Crippen LogP contribution in [0, 0.1) is 10.1 Å². The fraction of sp³-hybridized carbons (Fsp3) is 0.364. The van der Waals surface area contributed by atoms with Gasteiger partial charge < -0.3 is 4.74 Å². The highest BCUT2D eigenvalue weighted by atomic mass is 79.9. The van der Waals surface area contributed by atoms with Crippen molar-refractivity contribution in [2.75, 3.05) is 6.61 Å². The Balaban J connectivity index is 2.84. The van der Waals surface area contributed by atoms with Gasteiger partial charge in [0.05, 0.1) is 17.1 Å². The van der Waals surface area contributed by atoms with E-state index in [4.69, 9.17) is 4.74 Å². The van der Waals surface area contributed by atoms with Crippen molar-refractivity contribution < 1.29 is 14.5 Å². The lowest BCUT2D eigenvalue weighted by Crippen LogP contribution is -2.07. The number of esters is 1. The van der Waals surface area contributed by atoms with E-state index in [2.05, 4.69) is 15.9 Å². The van der Waals surface area contributed by atoms with E-state index in [-0.39, 0.29) is 11.3 Å². The van der Waals surface area contributed by atoms with Gasteiger partial charge in [-0.05, 0) is 28.4 Å². The lowest BCUT2D eigenvalue weighted by molar-refractivity contribution is -0.384. The van der Waals surface area contributed by atoms with Crippen molar-refractivity contribution in [3.63, 3.8) is 0 Å². The SMILES string of the molecule is CCCCOC(=O)c1cc([N+](=O)[O-])ccc1Br. The molecule has 5 nitrogen and oxygen atoms in total. The number of carbonyl (C=O) groups is 1. The first-order valence-electron chi connectivity index (χ1n) is 5.17. The second kappa shape index (κ2) is 6.34. The van der Waals surface area contributed by atoms with E-state index < -0.39 is 10.9 Å². The number of nitro groups is 1. The molecule has 0 bridgehead atoms. The maximum absolute atomic E-state index is 11.6. The smallest absolute Gasteiger partial charge is 0.339 e. The summed E-state index contributed by atoms with van der Waals surface area (Å²) in [6.45, 7) is 2.31. The Morgan fingerprint density at radius 2 is 2.24 bits per heavy atom. The second-order valence-electron chi connectivity index (χ2n) is 3.41. The van der Waals surface area contributed by atoms with Crippen molar-refractivity contribution in [3.8, 4) is 0 Å². The highest BCUT2D eigenvalue weighted by Crippen LogP contribution is 2.23. The van der Waals surface area contributed by atoms with Crippen LogP contribution in [0.15, 0.2) is 22.7 Å². The van der Waals surface area contributed by atoms with Crippen LogP contribution in [0.3, 0.4) is 0 Å². The van der Waals surface area contributed by atoms with Crippen LogP contribution >= 0.6 is 15.9 Å². The Hall–Kier alpha value is -1.43. The van der Waals surface area contributed by atoms with Crippen molar-refractivity contribution >= 4 is 27.6 Å². The van der Waals surface area contributed by atoms with E-state index in [1.165, 1.54) is 18.2 Å². The van der Waals surface area contributed by atoms with Crippen LogP contribution in [0.2, 0.25) is 0 Å². The highest BCUT2D eigenvalue weighted by molar-refractivity contribution is 9.10. The van der Waals surface area contributed by atoms with E-state index in [9.17, 15) is 14.9 Å². The number of nitrogens with zero attached hydrogens (tertiary/aromatic N) is 1. The van der Waals surface area contributed by atoms with Crippen LogP contribution in [0.5, 0.6) is 0 Å². The molecule has 0 aromatic heterocycles. The molecule has 0 saturated carbocycles. The number of unbranched alkanes of at least 4 members (excludes halogenated alkanes) is 1. The summed E-state index contributed by atoms with van der Waals surface area (Å²) in [4.78, 5) is 21.7. The minimum atomic E-state index is -0.547. The zero-order valence-electron chi connectivity index (χ0n) is 9.31. The summed E-state index contributed by atoms with van der Waals surface area (Å²) < 4.78 is 5.48. The lowest BCUT2D eigenvalue weighted by atomic mass is 10.2. The minimum absolute atomic E-state index is 0.129. The topological polar surface area (TPSA) is 69.4 Å². The highest BCUT2D eigenvalue weighted by Gasteiger charge is 2.16. The molecule has 0 saturated heterocycles. The average Bonchev–Trinajstić information content (AvgIpc) is 2.29. The van der Waals surface area contributed by atoms with Gasteiger partial charge in [0.1, 0.15) is 0 Å². The summed E-state index contributed by atoms with van der Waals surface area (Å²) in [5, 5.41) is 10.6. The Kier molecular flexibility index (Phi) is 5.09. The minimum Gasteiger partial charge on any atom is -0.462 e. The predicted octanol–water partition coefficient (Wildman–Crippen LogP) is 3.31. The molecule has 92 valence electrons. The molecule has 0 atom stereocenters. The largest absolute Gasteiger partial charge is 0.462 e. The lowest BCUT2D eigenvalue weighted by Gasteiger charge is -2.05. The van der Waals surface area contributed by atoms with Crippen molar-refractivity contribution in [1.29, 1.82) is 0 Å². The van der Waals surface area contributed by atoms with Crippen LogP contribution in [-0.2, 0) is 4.74 Å². The molecule has 17 heavy (non-hydrogen) atoms. The number of ether oxygens (including phenoxy) is 1. The van der Waals surface area contributed by atoms with Gasteiger partial charge in [-0.15, -0.1) is 0 Å². The summed E-state index contributed by atoms with van der Waals surface area (Å²) in [6.07, 6.45) is 1.70. The number of benzene rings is 1. The molecular formula is C11H12BrNO4. The van der Waals surface area contributed by atoms with Crippen molar-refractivity contribution in [3.05, 3.63) is 38.3 Å². The molecule has 0 fully saturated rings. The molecule has 1 rings (SSSR count). The van der Waals surface area contributed by atoms with E-state index in [0.29, 0.717) is 11.1 Å². The first-order valence-corrected chi connectivity index (χ1v) is 5.96. The number of nitro benzene ring substituents is 1. The second-order valence-corrected chi connectivity index (χ2v) is 4.27. The van der Waals surface area contributed by atoms with Crippen LogP contribution in [0.25, 0.3) is 0 Å². The third-order valence-corrected chi connectivity index (χ3v) is 2.80. The molecule has 0 aliphatic heterocycles. The van der Waals surface area contributed by atoms with E-state index in [1.54, 1.807) is 0 Å². The maximum Gasteiger partial charge on any atom is 0.339 e. The molecule has 0 aliphatic carbocycles. The Bertz CT molecular complexity index is 433. The molecule has 0 N–H and O–H groups in total. The van der Waals surface area contributed by atoms with Gasteiger partial charge in [0, 0.05) is 16.6 Å². The number of halogens is 1. The molecule has 6 heteroatoms. The van der Waals surface area contributed by atoms with Gasteiger partial charge in [-0.3, -0.25) is 10.1 Å². The first kappa shape index (κ1) is 13.6. The van der Waals surface area contributed by atoms with Gasteiger partial charge in [0.2, 0.25) is 0 Å². The summed E-state index contributed by atoms with van der Waals surface area (Å²) in [5.74, 6) is -0.547. The monoisotopic (exact) mass is 301 g/mol. The maximum atomic E-state index is 11.6. The average molecular weight is 302 g/mol. The van der Waals surface area contributed by atoms with Crippen LogP contribution in [0.4, 0.5) is 5.69 Å². The number of hydrogen-bond acceptors (Lipinski definition) is 4. The third-order valence-electron chi connectivity index (χ3n) is 2.11. The van der Waals surface area contributed by atoms with E-state index in [0.717, 1.165) is 12.8 Å². The van der Waals surface area contributed by atoms with Gasteiger partial charge in [-0.1, -0.05) is 13.3 Å². The van der Waals surface area contributed by atoms with Gasteiger partial charge in [-0.25, -0.2) is 4.79 Å². The quantitative estimate of drug-likeness (QED) is 0.362. The Morgan fingerprint density at radius 3 is 2.82 bits per heavy atom. The summed E-state index contributed by atoms with van der Waals surface area (Å²) in [7, 11) is 0. The molecule has 0 radical (unpaired) electrons. The predicted molar refractivity (Wildman–Crippen MR) is 66.0 cm³/mol.